The number of benzene rings is 1. The maximum Gasteiger partial charge on any atom is 0.229 e. The Hall–Kier alpha value is -2.21. The Kier molecular flexibility index (Phi) is 3.70. The van der Waals surface area contributed by atoms with Crippen LogP contribution < -0.4 is 11.1 Å². The van der Waals surface area contributed by atoms with Crippen LogP contribution in [0.3, 0.4) is 0 Å². The summed E-state index contributed by atoms with van der Waals surface area (Å²) < 4.78 is 0. The van der Waals surface area contributed by atoms with Crippen molar-refractivity contribution in [1.29, 1.82) is 0 Å². The molecule has 1 fully saturated rings. The van der Waals surface area contributed by atoms with E-state index in [1.807, 2.05) is 31.2 Å². The number of anilines is 1. The minimum atomic E-state index is -0.105. The minimum Gasteiger partial charge on any atom is -0.327 e. The lowest BCUT2D eigenvalue weighted by atomic mass is 10.0. The van der Waals surface area contributed by atoms with Gasteiger partial charge < -0.3 is 11.1 Å². The second-order valence-electron chi connectivity index (χ2n) is 5.48. The topological polar surface area (TPSA) is 96.7 Å². The maximum absolute atomic E-state index is 12.4. The van der Waals surface area contributed by atoms with Gasteiger partial charge in [-0.25, -0.2) is 4.98 Å². The van der Waals surface area contributed by atoms with Crippen LogP contribution in [-0.4, -0.2) is 27.1 Å². The number of nitrogens with zero attached hydrogens (tertiary/aromatic N) is 2. The van der Waals surface area contributed by atoms with Crippen molar-refractivity contribution in [2.75, 3.05) is 5.32 Å². The number of nitrogens with one attached hydrogen (secondary N) is 2. The molecule has 110 valence electrons. The molecule has 1 aromatic heterocycles. The van der Waals surface area contributed by atoms with Crippen molar-refractivity contribution < 1.29 is 4.79 Å². The van der Waals surface area contributed by atoms with Gasteiger partial charge in [0.15, 0.2) is 5.82 Å². The van der Waals surface area contributed by atoms with E-state index in [2.05, 4.69) is 20.5 Å². The number of rotatable bonds is 3. The molecule has 6 nitrogen and oxygen atoms in total. The van der Waals surface area contributed by atoms with Crippen LogP contribution in [0.25, 0.3) is 11.4 Å². The average molecular weight is 285 g/mol. The highest BCUT2D eigenvalue weighted by molar-refractivity contribution is 5.96. The molecule has 3 rings (SSSR count). The van der Waals surface area contributed by atoms with Crippen molar-refractivity contribution in [2.45, 2.75) is 32.2 Å². The molecule has 0 radical (unpaired) electrons. The molecule has 1 aliphatic rings. The molecule has 0 aliphatic heterocycles. The zero-order valence-corrected chi connectivity index (χ0v) is 12.0. The zero-order chi connectivity index (χ0) is 14.8. The Morgan fingerprint density at radius 3 is 2.86 bits per heavy atom. The van der Waals surface area contributed by atoms with E-state index in [1.54, 1.807) is 0 Å². The van der Waals surface area contributed by atoms with E-state index >= 15 is 0 Å². The summed E-state index contributed by atoms with van der Waals surface area (Å²) >= 11 is 0. The van der Waals surface area contributed by atoms with Crippen LogP contribution in [0, 0.1) is 12.8 Å². The lowest BCUT2D eigenvalue weighted by Crippen LogP contribution is -2.34. The first-order valence-corrected chi connectivity index (χ1v) is 7.20. The molecule has 1 amide bonds. The summed E-state index contributed by atoms with van der Waals surface area (Å²) in [5, 5.41) is 9.95. The zero-order valence-electron chi connectivity index (χ0n) is 12.0. The van der Waals surface area contributed by atoms with Gasteiger partial charge in [0, 0.05) is 11.6 Å². The van der Waals surface area contributed by atoms with Crippen LogP contribution in [0.5, 0.6) is 0 Å². The number of hydrogen-bond donors (Lipinski definition) is 3. The van der Waals surface area contributed by atoms with Crippen LogP contribution in [0.2, 0.25) is 0 Å². The van der Waals surface area contributed by atoms with E-state index in [0.717, 1.165) is 36.3 Å². The highest BCUT2D eigenvalue weighted by atomic mass is 16.1. The summed E-state index contributed by atoms with van der Waals surface area (Å²) in [6.07, 6.45) is 2.79. The molecule has 1 heterocycles. The number of aromatic amines is 1. The normalized spacial score (nSPS) is 21.4. The first kappa shape index (κ1) is 13.8. The third kappa shape index (κ3) is 2.80. The molecule has 2 unspecified atom stereocenters. The molecule has 0 spiro atoms. The summed E-state index contributed by atoms with van der Waals surface area (Å²) in [5.41, 5.74) is 7.53. The highest BCUT2D eigenvalue weighted by Crippen LogP contribution is 2.28. The fraction of sp³-hybridized carbons (Fsp3) is 0.400. The third-order valence-corrected chi connectivity index (χ3v) is 3.93. The summed E-state index contributed by atoms with van der Waals surface area (Å²) in [6, 6.07) is 7.50. The Balaban J connectivity index is 1.84. The van der Waals surface area contributed by atoms with Crippen LogP contribution in [0.1, 0.15) is 25.1 Å². The molecule has 1 aliphatic carbocycles. The van der Waals surface area contributed by atoms with Crippen LogP contribution in [0.4, 0.5) is 5.69 Å². The number of H-pyrrole nitrogens is 1. The van der Waals surface area contributed by atoms with Gasteiger partial charge in [-0.15, -0.1) is 0 Å². The molecular formula is C15H19N5O. The maximum atomic E-state index is 12.4. The van der Waals surface area contributed by atoms with Crippen molar-refractivity contribution in [3.63, 3.8) is 0 Å². The first-order chi connectivity index (χ1) is 10.1. The van der Waals surface area contributed by atoms with Gasteiger partial charge in [0.25, 0.3) is 0 Å². The molecule has 1 aromatic carbocycles. The summed E-state index contributed by atoms with van der Waals surface area (Å²) in [5.74, 6) is 1.20. The molecule has 2 atom stereocenters. The van der Waals surface area contributed by atoms with Gasteiger partial charge in [0.1, 0.15) is 5.82 Å². The van der Waals surface area contributed by atoms with Gasteiger partial charge in [-0.3, -0.25) is 9.89 Å². The number of amides is 1. The van der Waals surface area contributed by atoms with Crippen molar-refractivity contribution >= 4 is 11.6 Å². The number of carbonyl (C=O) groups excluding carboxylic acids is 1. The summed E-state index contributed by atoms with van der Waals surface area (Å²) in [7, 11) is 0. The van der Waals surface area contributed by atoms with Crippen molar-refractivity contribution in [3.8, 4) is 11.4 Å². The molecule has 2 aromatic rings. The lowest BCUT2D eigenvalue weighted by molar-refractivity contribution is -0.120. The minimum absolute atomic E-state index is 0.0142. The monoisotopic (exact) mass is 285 g/mol. The SMILES string of the molecule is Cc1nc(-c2ccccc2NC(=O)C2CCCC2N)n[nH]1. The molecule has 0 bridgehead atoms. The number of carbonyl (C=O) groups is 1. The Morgan fingerprint density at radius 1 is 1.38 bits per heavy atom. The van der Waals surface area contributed by atoms with E-state index in [9.17, 15) is 4.79 Å². The standard InChI is InChI=1S/C15H19N5O/c1-9-17-14(20-19-9)11-5-2-3-8-13(11)18-15(21)10-6-4-7-12(10)16/h2-3,5,8,10,12H,4,6-7,16H2,1H3,(H,18,21)(H,17,19,20). The van der Waals surface area contributed by atoms with Gasteiger partial charge >= 0.3 is 0 Å². The van der Waals surface area contributed by atoms with Crippen molar-refractivity contribution in [1.82, 2.24) is 15.2 Å². The van der Waals surface area contributed by atoms with Crippen LogP contribution in [-0.2, 0) is 4.79 Å². The lowest BCUT2D eigenvalue weighted by Gasteiger charge is -2.16. The molecule has 4 N–H and O–H groups in total. The number of aryl methyl sites for hydroxylation is 1. The molecular weight excluding hydrogens is 266 g/mol. The predicted octanol–water partition coefficient (Wildman–Crippen LogP) is 1.85. The van der Waals surface area contributed by atoms with E-state index in [4.69, 9.17) is 5.73 Å². The first-order valence-electron chi connectivity index (χ1n) is 7.20. The fourth-order valence-electron chi connectivity index (χ4n) is 2.79. The van der Waals surface area contributed by atoms with Gasteiger partial charge in [0.2, 0.25) is 5.91 Å². The Morgan fingerprint density at radius 2 is 2.19 bits per heavy atom. The second-order valence-corrected chi connectivity index (χ2v) is 5.48. The Labute approximate surface area is 123 Å². The van der Waals surface area contributed by atoms with E-state index < -0.39 is 0 Å². The highest BCUT2D eigenvalue weighted by Gasteiger charge is 2.30. The average Bonchev–Trinajstić information content (AvgIpc) is 3.08. The third-order valence-electron chi connectivity index (χ3n) is 3.93. The summed E-state index contributed by atoms with van der Waals surface area (Å²) in [6.45, 7) is 1.84. The van der Waals surface area contributed by atoms with Crippen LogP contribution >= 0.6 is 0 Å². The number of nitrogens with two attached hydrogens (primary N) is 1. The molecule has 6 heteroatoms. The summed E-state index contributed by atoms with van der Waals surface area (Å²) in [4.78, 5) is 16.7. The fourth-order valence-corrected chi connectivity index (χ4v) is 2.79. The number of aromatic nitrogens is 3. The van der Waals surface area contributed by atoms with Crippen LogP contribution in [0.15, 0.2) is 24.3 Å². The van der Waals surface area contributed by atoms with Gasteiger partial charge in [-0.05, 0) is 31.9 Å². The smallest absolute Gasteiger partial charge is 0.229 e. The molecule has 21 heavy (non-hydrogen) atoms. The van der Waals surface area contributed by atoms with Gasteiger partial charge in [-0.2, -0.15) is 5.10 Å². The Bertz CT molecular complexity index is 651. The number of para-hydroxylation sites is 1. The number of hydrogen-bond acceptors (Lipinski definition) is 4. The molecule has 1 saturated carbocycles. The second kappa shape index (κ2) is 5.65. The van der Waals surface area contributed by atoms with Gasteiger partial charge in [0.05, 0.1) is 11.6 Å². The van der Waals surface area contributed by atoms with Gasteiger partial charge in [-0.1, -0.05) is 18.6 Å². The van der Waals surface area contributed by atoms with E-state index in [0.29, 0.717) is 5.82 Å². The molecule has 0 saturated heterocycles. The largest absolute Gasteiger partial charge is 0.327 e. The van der Waals surface area contributed by atoms with E-state index in [1.165, 1.54) is 0 Å². The van der Waals surface area contributed by atoms with Crippen molar-refractivity contribution in [2.24, 2.45) is 11.7 Å². The van der Waals surface area contributed by atoms with E-state index in [-0.39, 0.29) is 17.9 Å². The predicted molar refractivity (Wildman–Crippen MR) is 80.5 cm³/mol. The van der Waals surface area contributed by atoms with Crippen molar-refractivity contribution in [3.05, 3.63) is 30.1 Å². The quantitative estimate of drug-likeness (QED) is 0.801.